The van der Waals surface area contributed by atoms with Gasteiger partial charge >= 0.3 is 5.97 Å². The molecule has 1 N–H and O–H groups in total. The van der Waals surface area contributed by atoms with Crippen LogP contribution in [0.3, 0.4) is 0 Å². The van der Waals surface area contributed by atoms with E-state index in [0.29, 0.717) is 11.3 Å². The maximum atomic E-state index is 13.5. The minimum absolute atomic E-state index is 0.0650. The Balaban J connectivity index is 1.78. The van der Waals surface area contributed by atoms with Gasteiger partial charge in [-0.3, -0.25) is 9.59 Å². The van der Waals surface area contributed by atoms with Crippen LogP contribution in [0.25, 0.3) is 11.3 Å². The Morgan fingerprint density at radius 2 is 1.79 bits per heavy atom. The Hall–Kier alpha value is -3.58. The number of carbonyl (C=O) groups excluding carboxylic acids is 1. The van der Waals surface area contributed by atoms with E-state index in [1.54, 1.807) is 74.7 Å². The van der Waals surface area contributed by atoms with Gasteiger partial charge in [-0.15, -0.1) is 0 Å². The minimum atomic E-state index is -2.17. The highest BCUT2D eigenvalue weighted by Gasteiger charge is 2.21. The number of benzene rings is 2. The SMILES string of the molecule is [2H]C([2H])(c1ccccc1OCCOCCC(=O)O)N(C(=O)c1ccc(-c2ccco2)cc1)C(C)C. The van der Waals surface area contributed by atoms with E-state index in [4.69, 9.17) is 21.7 Å². The lowest BCUT2D eigenvalue weighted by atomic mass is 10.1. The van der Waals surface area contributed by atoms with Crippen molar-refractivity contribution >= 4 is 11.9 Å². The third-order valence-electron chi connectivity index (χ3n) is 4.75. The molecule has 0 unspecified atom stereocenters. The summed E-state index contributed by atoms with van der Waals surface area (Å²) in [5.41, 5.74) is 1.37. The third-order valence-corrected chi connectivity index (χ3v) is 4.75. The van der Waals surface area contributed by atoms with Gasteiger partial charge < -0.3 is 23.9 Å². The van der Waals surface area contributed by atoms with Gasteiger partial charge in [-0.05, 0) is 44.2 Å². The van der Waals surface area contributed by atoms with Crippen molar-refractivity contribution in [2.24, 2.45) is 0 Å². The van der Waals surface area contributed by atoms with Crippen LogP contribution < -0.4 is 4.74 Å². The first-order chi connectivity index (χ1) is 16.7. The van der Waals surface area contributed by atoms with E-state index in [1.165, 1.54) is 4.90 Å². The van der Waals surface area contributed by atoms with Gasteiger partial charge in [0.2, 0.25) is 0 Å². The van der Waals surface area contributed by atoms with Crippen molar-refractivity contribution in [3.63, 3.8) is 0 Å². The molecule has 0 bridgehead atoms. The summed E-state index contributed by atoms with van der Waals surface area (Å²) in [6.07, 6.45) is 1.47. The van der Waals surface area contributed by atoms with Crippen molar-refractivity contribution in [2.75, 3.05) is 19.8 Å². The highest BCUT2D eigenvalue weighted by atomic mass is 16.5. The third kappa shape index (κ3) is 6.95. The van der Waals surface area contributed by atoms with Gasteiger partial charge in [0.25, 0.3) is 5.91 Å². The number of hydrogen-bond donors (Lipinski definition) is 1. The molecule has 0 fully saturated rings. The molecule has 3 rings (SSSR count). The van der Waals surface area contributed by atoms with Crippen molar-refractivity contribution in [1.29, 1.82) is 0 Å². The number of aliphatic carboxylic acids is 1. The van der Waals surface area contributed by atoms with Crippen LogP contribution in [0, 0.1) is 0 Å². The summed E-state index contributed by atoms with van der Waals surface area (Å²) in [7, 11) is 0. The zero-order valence-corrected chi connectivity index (χ0v) is 18.7. The molecule has 0 aliphatic rings. The van der Waals surface area contributed by atoms with Crippen LogP contribution in [-0.2, 0) is 16.0 Å². The fraction of sp³-hybridized carbons (Fsp3) is 0.308. The number of carboxylic acids is 1. The lowest BCUT2D eigenvalue weighted by Crippen LogP contribution is -2.36. The van der Waals surface area contributed by atoms with Gasteiger partial charge in [0.05, 0.1) is 28.6 Å². The Morgan fingerprint density at radius 3 is 2.45 bits per heavy atom. The topological polar surface area (TPSA) is 89.2 Å². The molecule has 1 aromatic heterocycles. The Morgan fingerprint density at radius 1 is 1.03 bits per heavy atom. The van der Waals surface area contributed by atoms with Crippen LogP contribution in [0.4, 0.5) is 0 Å². The Kier molecular flexibility index (Phi) is 7.66. The predicted molar refractivity (Wildman–Crippen MR) is 124 cm³/mol. The number of rotatable bonds is 12. The smallest absolute Gasteiger partial charge is 0.305 e. The van der Waals surface area contributed by atoms with Crippen molar-refractivity contribution < 1.29 is 31.3 Å². The minimum Gasteiger partial charge on any atom is -0.491 e. The number of nitrogens with zero attached hydrogens (tertiary/aromatic N) is 1. The quantitative estimate of drug-likeness (QED) is 0.394. The van der Waals surface area contributed by atoms with E-state index >= 15 is 0 Å². The van der Waals surface area contributed by atoms with Crippen LogP contribution in [0.1, 0.15) is 38.9 Å². The van der Waals surface area contributed by atoms with Crippen molar-refractivity contribution in [2.45, 2.75) is 32.8 Å². The molecule has 174 valence electrons. The number of ether oxygens (including phenoxy) is 2. The summed E-state index contributed by atoms with van der Waals surface area (Å²) in [5, 5.41) is 8.67. The zero-order chi connectivity index (χ0) is 25.4. The van der Waals surface area contributed by atoms with E-state index < -0.39 is 24.4 Å². The predicted octanol–water partition coefficient (Wildman–Crippen LogP) is 4.87. The second kappa shape index (κ2) is 11.9. The van der Waals surface area contributed by atoms with E-state index in [9.17, 15) is 9.59 Å². The molecule has 0 aliphatic heterocycles. The number of hydrogen-bond acceptors (Lipinski definition) is 5. The molecule has 0 atom stereocenters. The van der Waals surface area contributed by atoms with E-state index in [-0.39, 0.29) is 37.6 Å². The molecular weight excluding hydrogens is 422 g/mol. The summed E-state index contributed by atoms with van der Waals surface area (Å²) in [6, 6.07) is 16.6. The van der Waals surface area contributed by atoms with Gasteiger partial charge in [-0.2, -0.15) is 0 Å². The van der Waals surface area contributed by atoms with Crippen LogP contribution in [0.15, 0.2) is 71.3 Å². The van der Waals surface area contributed by atoms with Crippen LogP contribution in [0.5, 0.6) is 5.75 Å². The van der Waals surface area contributed by atoms with Crippen LogP contribution in [-0.4, -0.2) is 47.7 Å². The van der Waals surface area contributed by atoms with Crippen molar-refractivity contribution in [3.8, 4) is 17.1 Å². The summed E-state index contributed by atoms with van der Waals surface area (Å²) in [6.45, 7) is 1.66. The average molecular weight is 454 g/mol. The molecule has 7 nitrogen and oxygen atoms in total. The molecule has 0 aliphatic carbocycles. The van der Waals surface area contributed by atoms with Gasteiger partial charge in [0.1, 0.15) is 18.1 Å². The lowest BCUT2D eigenvalue weighted by molar-refractivity contribution is -0.138. The first-order valence-electron chi connectivity index (χ1n) is 11.7. The fourth-order valence-corrected chi connectivity index (χ4v) is 3.06. The van der Waals surface area contributed by atoms with Crippen molar-refractivity contribution in [1.82, 2.24) is 4.90 Å². The Labute approximate surface area is 196 Å². The average Bonchev–Trinajstić information content (AvgIpc) is 3.36. The van der Waals surface area contributed by atoms with E-state index in [2.05, 4.69) is 0 Å². The number of amides is 1. The van der Waals surface area contributed by atoms with E-state index in [0.717, 1.165) is 5.56 Å². The molecule has 0 saturated heterocycles. The van der Waals surface area contributed by atoms with Gasteiger partial charge in [-0.1, -0.05) is 30.3 Å². The first kappa shape index (κ1) is 21.3. The van der Waals surface area contributed by atoms with Gasteiger partial charge in [0.15, 0.2) is 0 Å². The fourth-order valence-electron chi connectivity index (χ4n) is 3.06. The first-order valence-corrected chi connectivity index (χ1v) is 10.7. The summed E-state index contributed by atoms with van der Waals surface area (Å²) >= 11 is 0. The van der Waals surface area contributed by atoms with E-state index in [1.807, 2.05) is 6.07 Å². The summed E-state index contributed by atoms with van der Waals surface area (Å²) < 4.78 is 34.2. The highest BCUT2D eigenvalue weighted by molar-refractivity contribution is 5.94. The summed E-state index contributed by atoms with van der Waals surface area (Å²) in [4.78, 5) is 25.2. The molecule has 0 saturated carbocycles. The van der Waals surface area contributed by atoms with Crippen molar-refractivity contribution in [3.05, 3.63) is 78.1 Å². The molecule has 3 aromatic rings. The largest absolute Gasteiger partial charge is 0.491 e. The maximum absolute atomic E-state index is 13.5. The normalized spacial score (nSPS) is 12.2. The number of carboxylic acid groups (broad SMARTS) is 1. The highest BCUT2D eigenvalue weighted by Crippen LogP contribution is 2.24. The molecule has 1 heterocycles. The molecule has 0 spiro atoms. The zero-order valence-electron chi connectivity index (χ0n) is 20.7. The van der Waals surface area contributed by atoms with Gasteiger partial charge in [-0.25, -0.2) is 0 Å². The van der Waals surface area contributed by atoms with Crippen LogP contribution in [0.2, 0.25) is 0 Å². The Bertz CT molecular complexity index is 1110. The second-order valence-electron chi connectivity index (χ2n) is 7.54. The lowest BCUT2D eigenvalue weighted by Gasteiger charge is -2.28. The number of para-hydroxylation sites is 1. The summed E-state index contributed by atoms with van der Waals surface area (Å²) in [5.74, 6) is -0.440. The monoisotopic (exact) mass is 453 g/mol. The number of furan rings is 1. The second-order valence-corrected chi connectivity index (χ2v) is 7.54. The molecule has 0 radical (unpaired) electrons. The van der Waals surface area contributed by atoms with Gasteiger partial charge in [0, 0.05) is 29.2 Å². The molecular formula is C26H29NO6. The van der Waals surface area contributed by atoms with Crippen LogP contribution >= 0.6 is 0 Å². The molecule has 7 heteroatoms. The molecule has 1 amide bonds. The maximum Gasteiger partial charge on any atom is 0.305 e. The number of carbonyl (C=O) groups is 2. The molecule has 2 aromatic carbocycles. The molecule has 33 heavy (non-hydrogen) atoms. The standard InChI is InChI=1S/C26H29NO6/c1-19(2)27(26(30)21-11-9-20(10-12-21)23-8-5-14-32-23)18-22-6-3-4-7-24(22)33-17-16-31-15-13-25(28)29/h3-12,14,19H,13,15-18H2,1-2H3,(H,28,29)/i18D2.